The van der Waals surface area contributed by atoms with Crippen molar-refractivity contribution in [2.75, 3.05) is 0 Å². The minimum Gasteiger partial charge on any atom is -0.361 e. The monoisotopic (exact) mass is 355 g/mol. The normalized spacial score (nSPS) is 21.7. The maximum absolute atomic E-state index is 9.28. The molecular weight excluding hydrogens is 334 g/mol. The first-order valence-electron chi connectivity index (χ1n) is 9.24. The second-order valence-corrected chi connectivity index (χ2v) is 7.26. The summed E-state index contributed by atoms with van der Waals surface area (Å²) in [6.45, 7) is 4.54. The summed E-state index contributed by atoms with van der Waals surface area (Å²) in [6, 6.07) is 13.8. The highest BCUT2D eigenvalue weighted by molar-refractivity contribution is 5.70. The number of allylic oxidation sites excluding steroid dienone is 1. The second kappa shape index (κ2) is 7.20. The average molecular weight is 355 g/mol. The van der Waals surface area contributed by atoms with E-state index in [1.165, 1.54) is 5.56 Å². The summed E-state index contributed by atoms with van der Waals surface area (Å²) in [5.41, 5.74) is 4.61. The number of nitrogens with zero attached hydrogens (tertiary/aromatic N) is 3. The molecule has 4 heteroatoms. The standard InChI is InChI=1S/C23H21N3O/c1-15-11-23-22(14-26-27-23)20(16(15)2)10-9-19-8-7-18(13-25-19)21-6-4-3-5-17(21)12-24/h3-10,13-16,20H,11H2,1-2H3/b10-9+/t15-,16+,20-/m0/s1. The number of hydrogen-bond acceptors (Lipinski definition) is 4. The van der Waals surface area contributed by atoms with Crippen LogP contribution in [0.5, 0.6) is 0 Å². The number of hydrogen-bond donors (Lipinski definition) is 0. The van der Waals surface area contributed by atoms with E-state index in [1.54, 1.807) is 0 Å². The number of fused-ring (bicyclic) bond motifs is 1. The van der Waals surface area contributed by atoms with E-state index >= 15 is 0 Å². The molecule has 0 fully saturated rings. The van der Waals surface area contributed by atoms with E-state index in [4.69, 9.17) is 4.52 Å². The maximum Gasteiger partial charge on any atom is 0.140 e. The van der Waals surface area contributed by atoms with Gasteiger partial charge in [0.2, 0.25) is 0 Å². The third kappa shape index (κ3) is 3.29. The molecule has 1 aromatic carbocycles. The Balaban J connectivity index is 1.58. The van der Waals surface area contributed by atoms with Crippen LogP contribution in [0, 0.1) is 23.2 Å². The van der Waals surface area contributed by atoms with E-state index in [9.17, 15) is 5.26 Å². The smallest absolute Gasteiger partial charge is 0.140 e. The molecule has 3 aromatic rings. The van der Waals surface area contributed by atoms with Gasteiger partial charge in [0.05, 0.1) is 23.5 Å². The molecule has 0 radical (unpaired) electrons. The molecule has 134 valence electrons. The molecule has 2 aromatic heterocycles. The van der Waals surface area contributed by atoms with E-state index in [0.717, 1.165) is 29.0 Å². The number of rotatable bonds is 3. The Labute approximate surface area is 159 Å². The number of aromatic nitrogens is 2. The van der Waals surface area contributed by atoms with Gasteiger partial charge in [-0.3, -0.25) is 4.98 Å². The minimum absolute atomic E-state index is 0.288. The molecule has 1 aliphatic carbocycles. The van der Waals surface area contributed by atoms with Crippen molar-refractivity contribution in [3.8, 4) is 17.2 Å². The van der Waals surface area contributed by atoms with Gasteiger partial charge >= 0.3 is 0 Å². The lowest BCUT2D eigenvalue weighted by atomic mass is 9.73. The fraction of sp³-hybridized carbons (Fsp3) is 0.261. The molecule has 1 aliphatic rings. The van der Waals surface area contributed by atoms with Crippen molar-refractivity contribution in [3.63, 3.8) is 0 Å². The topological polar surface area (TPSA) is 62.7 Å². The van der Waals surface area contributed by atoms with Crippen molar-refractivity contribution in [1.29, 1.82) is 5.26 Å². The third-order valence-corrected chi connectivity index (χ3v) is 5.63. The Morgan fingerprint density at radius 1 is 1.15 bits per heavy atom. The Kier molecular flexibility index (Phi) is 4.60. The van der Waals surface area contributed by atoms with Crippen LogP contribution in [0.2, 0.25) is 0 Å². The van der Waals surface area contributed by atoms with Gasteiger partial charge in [0.25, 0.3) is 0 Å². The molecular formula is C23H21N3O. The molecule has 4 nitrogen and oxygen atoms in total. The molecule has 0 spiro atoms. The lowest BCUT2D eigenvalue weighted by molar-refractivity contribution is 0.283. The van der Waals surface area contributed by atoms with Crippen molar-refractivity contribution in [1.82, 2.24) is 10.1 Å². The van der Waals surface area contributed by atoms with Crippen molar-refractivity contribution in [3.05, 3.63) is 77.4 Å². The molecule has 0 unspecified atom stereocenters. The maximum atomic E-state index is 9.28. The summed E-state index contributed by atoms with van der Waals surface area (Å²) in [5.74, 6) is 2.37. The van der Waals surface area contributed by atoms with Crippen LogP contribution in [0.3, 0.4) is 0 Å². The number of benzene rings is 1. The van der Waals surface area contributed by atoms with Gasteiger partial charge in [-0.05, 0) is 30.0 Å². The Hall–Kier alpha value is -3.19. The average Bonchev–Trinajstić information content (AvgIpc) is 3.16. The first-order valence-corrected chi connectivity index (χ1v) is 9.24. The van der Waals surface area contributed by atoms with E-state index in [2.05, 4.69) is 42.2 Å². The third-order valence-electron chi connectivity index (χ3n) is 5.63. The Morgan fingerprint density at radius 3 is 2.78 bits per heavy atom. The van der Waals surface area contributed by atoms with Crippen LogP contribution in [0.15, 0.2) is 59.4 Å². The zero-order chi connectivity index (χ0) is 18.8. The lowest BCUT2D eigenvalue weighted by Crippen LogP contribution is -2.23. The molecule has 3 atom stereocenters. The Bertz CT molecular complexity index is 1010. The van der Waals surface area contributed by atoms with Crippen molar-refractivity contribution in [2.45, 2.75) is 26.2 Å². The zero-order valence-corrected chi connectivity index (χ0v) is 15.5. The molecule has 4 rings (SSSR count). The van der Waals surface area contributed by atoms with Gasteiger partial charge < -0.3 is 4.52 Å². The van der Waals surface area contributed by atoms with Crippen LogP contribution in [0.1, 0.15) is 42.3 Å². The van der Waals surface area contributed by atoms with Gasteiger partial charge in [-0.25, -0.2) is 0 Å². The van der Waals surface area contributed by atoms with Crippen molar-refractivity contribution >= 4 is 6.08 Å². The molecule has 0 saturated heterocycles. The van der Waals surface area contributed by atoms with Crippen LogP contribution in [-0.4, -0.2) is 10.1 Å². The van der Waals surface area contributed by atoms with Gasteiger partial charge in [0, 0.05) is 35.2 Å². The van der Waals surface area contributed by atoms with E-state index in [1.807, 2.05) is 48.8 Å². The van der Waals surface area contributed by atoms with Crippen LogP contribution >= 0.6 is 0 Å². The van der Waals surface area contributed by atoms with Crippen LogP contribution in [0.25, 0.3) is 17.2 Å². The zero-order valence-electron chi connectivity index (χ0n) is 15.5. The van der Waals surface area contributed by atoms with Gasteiger partial charge in [-0.15, -0.1) is 0 Å². The first-order chi connectivity index (χ1) is 13.2. The molecule has 0 saturated carbocycles. The van der Waals surface area contributed by atoms with Gasteiger partial charge in [0.1, 0.15) is 5.76 Å². The van der Waals surface area contributed by atoms with Crippen molar-refractivity contribution in [2.24, 2.45) is 11.8 Å². The number of pyridine rings is 1. The molecule has 0 amide bonds. The van der Waals surface area contributed by atoms with Gasteiger partial charge in [-0.2, -0.15) is 5.26 Å². The predicted molar refractivity (Wildman–Crippen MR) is 105 cm³/mol. The van der Waals surface area contributed by atoms with Gasteiger partial charge in [-0.1, -0.05) is 49.3 Å². The fourth-order valence-corrected chi connectivity index (χ4v) is 3.79. The molecule has 0 aliphatic heterocycles. The molecule has 27 heavy (non-hydrogen) atoms. The quantitative estimate of drug-likeness (QED) is 0.645. The summed E-state index contributed by atoms with van der Waals surface area (Å²) in [4.78, 5) is 4.57. The van der Waals surface area contributed by atoms with Crippen LogP contribution in [0.4, 0.5) is 0 Å². The lowest BCUT2D eigenvalue weighted by Gasteiger charge is -2.30. The first kappa shape index (κ1) is 17.2. The van der Waals surface area contributed by atoms with Crippen molar-refractivity contribution < 1.29 is 4.52 Å². The highest BCUT2D eigenvalue weighted by atomic mass is 16.5. The highest BCUT2D eigenvalue weighted by Crippen LogP contribution is 2.40. The second-order valence-electron chi connectivity index (χ2n) is 7.26. The molecule has 0 bridgehead atoms. The highest BCUT2D eigenvalue weighted by Gasteiger charge is 2.32. The van der Waals surface area contributed by atoms with Gasteiger partial charge in [0.15, 0.2) is 0 Å². The summed E-state index contributed by atoms with van der Waals surface area (Å²) in [7, 11) is 0. The van der Waals surface area contributed by atoms with E-state index in [-0.39, 0.29) is 5.92 Å². The summed E-state index contributed by atoms with van der Waals surface area (Å²) >= 11 is 0. The summed E-state index contributed by atoms with van der Waals surface area (Å²) in [6.07, 6.45) is 8.90. The largest absolute Gasteiger partial charge is 0.361 e. The fourth-order valence-electron chi connectivity index (χ4n) is 3.79. The minimum atomic E-state index is 0.288. The number of nitriles is 1. The van der Waals surface area contributed by atoms with Crippen LogP contribution in [-0.2, 0) is 6.42 Å². The molecule has 2 heterocycles. The SMILES string of the molecule is C[C@H]1[C@H](/C=C/c2ccc(-c3ccccc3C#N)cn2)c2cnoc2C[C@@H]1C. The predicted octanol–water partition coefficient (Wildman–Crippen LogP) is 5.23. The Morgan fingerprint density at radius 2 is 2.00 bits per heavy atom. The van der Waals surface area contributed by atoms with E-state index < -0.39 is 0 Å². The van der Waals surface area contributed by atoms with E-state index in [0.29, 0.717) is 17.4 Å². The van der Waals surface area contributed by atoms with Crippen LogP contribution < -0.4 is 0 Å². The summed E-state index contributed by atoms with van der Waals surface area (Å²) in [5, 5.41) is 13.3. The summed E-state index contributed by atoms with van der Waals surface area (Å²) < 4.78 is 5.42. The molecule has 0 N–H and O–H groups in total.